The molecule has 1 saturated heterocycles. The average molecular weight is 677 g/mol. The minimum absolute atomic E-state index is 0.101. The monoisotopic (exact) mass is 676 g/mol. The third-order valence-corrected chi connectivity index (χ3v) is 8.31. The Morgan fingerprint density at radius 1 is 0.939 bits per heavy atom. The maximum absolute atomic E-state index is 15.0. The maximum atomic E-state index is 15.0. The first-order valence-electron chi connectivity index (χ1n) is 16.3. The number of fused-ring (bicyclic) bond motifs is 1. The highest BCUT2D eigenvalue weighted by molar-refractivity contribution is 5.83. The van der Waals surface area contributed by atoms with E-state index in [2.05, 4.69) is 81.1 Å². The van der Waals surface area contributed by atoms with Gasteiger partial charge in [0.1, 0.15) is 17.7 Å². The van der Waals surface area contributed by atoms with Gasteiger partial charge in [-0.3, -0.25) is 0 Å². The Morgan fingerprint density at radius 2 is 1.59 bits per heavy atom. The smallest absolute Gasteiger partial charge is 0.272 e. The Bertz CT molecular complexity index is 1870. The van der Waals surface area contributed by atoms with Gasteiger partial charge in [0.05, 0.1) is 0 Å². The molecule has 0 saturated carbocycles. The predicted molar refractivity (Wildman–Crippen MR) is 194 cm³/mol. The van der Waals surface area contributed by atoms with Crippen molar-refractivity contribution < 1.29 is 17.9 Å². The van der Waals surface area contributed by atoms with E-state index >= 15 is 0 Å². The maximum Gasteiger partial charge on any atom is 0.272 e. The number of halogens is 3. The zero-order valence-corrected chi connectivity index (χ0v) is 29.2. The number of aryl methyl sites for hydroxylation is 2. The molecule has 12 heteroatoms. The number of anilines is 3. The molecular weight excluding hydrogens is 629 g/mol. The average Bonchev–Trinajstić information content (AvgIpc) is 3.62. The fourth-order valence-corrected chi connectivity index (χ4v) is 5.11. The van der Waals surface area contributed by atoms with Crippen LogP contribution in [0.5, 0.6) is 11.6 Å². The van der Waals surface area contributed by atoms with Gasteiger partial charge < -0.3 is 34.7 Å². The molecule has 0 bridgehead atoms. The molecular formula is C37H47F3N8O. The first-order chi connectivity index (χ1) is 23.4. The third-order valence-electron chi connectivity index (χ3n) is 8.31. The fourth-order valence-electron chi connectivity index (χ4n) is 5.11. The van der Waals surface area contributed by atoms with Crippen molar-refractivity contribution in [3.63, 3.8) is 0 Å². The Morgan fingerprint density at radius 3 is 2.12 bits per heavy atom. The molecule has 0 radical (unpaired) electrons. The van der Waals surface area contributed by atoms with Crippen molar-refractivity contribution >= 4 is 41.3 Å². The molecule has 1 fully saturated rings. The zero-order valence-electron chi connectivity index (χ0n) is 29.2. The molecule has 0 aliphatic carbocycles. The van der Waals surface area contributed by atoms with Crippen LogP contribution in [0.3, 0.4) is 0 Å². The van der Waals surface area contributed by atoms with E-state index in [-0.39, 0.29) is 11.6 Å². The summed E-state index contributed by atoms with van der Waals surface area (Å²) in [5.74, 6) is -1.35. The zero-order chi connectivity index (χ0) is 35.7. The van der Waals surface area contributed by atoms with Crippen molar-refractivity contribution in [1.29, 1.82) is 0 Å². The summed E-state index contributed by atoms with van der Waals surface area (Å²) >= 11 is 0. The molecule has 0 amide bonds. The van der Waals surface area contributed by atoms with E-state index in [1.807, 2.05) is 37.3 Å². The summed E-state index contributed by atoms with van der Waals surface area (Å²) in [5.41, 5.74) is 3.60. The first kappa shape index (κ1) is 37.0. The van der Waals surface area contributed by atoms with E-state index in [4.69, 9.17) is 4.74 Å². The molecule has 5 aromatic rings. The number of aromatic nitrogens is 4. The molecule has 49 heavy (non-hydrogen) atoms. The summed E-state index contributed by atoms with van der Waals surface area (Å²) in [6, 6.07) is 14.1. The topological polar surface area (TPSA) is 88.3 Å². The van der Waals surface area contributed by atoms with Gasteiger partial charge in [-0.25, -0.2) is 23.1 Å². The highest BCUT2D eigenvalue weighted by Gasteiger charge is 2.24. The Labute approximate surface area is 286 Å². The molecule has 4 heterocycles. The molecule has 9 nitrogen and oxygen atoms in total. The number of nitrogens with one attached hydrogen (secondary N) is 3. The number of nitrogens with zero attached hydrogens (tertiary/aromatic N) is 5. The fraction of sp³-hybridized carbons (Fsp3) is 0.351. The van der Waals surface area contributed by atoms with Crippen LogP contribution in [0.2, 0.25) is 0 Å². The van der Waals surface area contributed by atoms with Crippen LogP contribution in [0.25, 0.3) is 24.1 Å². The van der Waals surface area contributed by atoms with Gasteiger partial charge in [0.25, 0.3) is 6.43 Å². The molecule has 0 unspecified atom stereocenters. The van der Waals surface area contributed by atoms with Crippen molar-refractivity contribution in [2.75, 3.05) is 63.6 Å². The van der Waals surface area contributed by atoms with Gasteiger partial charge in [-0.15, -0.1) is 0 Å². The number of alkyl halides is 2. The van der Waals surface area contributed by atoms with Crippen LogP contribution in [0.1, 0.15) is 37.2 Å². The van der Waals surface area contributed by atoms with Gasteiger partial charge in [-0.05, 0) is 94.8 Å². The minimum atomic E-state index is -2.94. The van der Waals surface area contributed by atoms with E-state index in [9.17, 15) is 13.2 Å². The molecule has 1 aliphatic rings. The third kappa shape index (κ3) is 9.86. The molecule has 3 N–H and O–H groups in total. The summed E-state index contributed by atoms with van der Waals surface area (Å²) in [7, 11) is 4.21. The summed E-state index contributed by atoms with van der Waals surface area (Å²) in [4.78, 5) is 20.7. The van der Waals surface area contributed by atoms with E-state index in [1.165, 1.54) is 6.07 Å². The number of piperazine rings is 1. The number of hydrogen-bond donors (Lipinski definition) is 3. The summed E-state index contributed by atoms with van der Waals surface area (Å²) in [6.45, 7) is 21.7. The highest BCUT2D eigenvalue weighted by Crippen LogP contribution is 2.38. The van der Waals surface area contributed by atoms with Crippen LogP contribution in [0.4, 0.5) is 30.4 Å². The number of hydrogen-bond acceptors (Lipinski definition) is 7. The Hall–Kier alpha value is -4.81. The van der Waals surface area contributed by atoms with Gasteiger partial charge in [-0.2, -0.15) is 0 Å². The van der Waals surface area contributed by atoms with Crippen LogP contribution in [0, 0.1) is 19.7 Å². The number of H-pyrrole nitrogens is 2. The SMILES string of the molecule is C=c1cc(C)[nH]c1=C.CCN(C)CC.Cc1cc2c(F)c(Oc3ncnc(Nc4ccc(N5CCN(C)CC5)cc4)c3C(F)F)ccc2[nH]1. The molecule has 262 valence electrons. The summed E-state index contributed by atoms with van der Waals surface area (Å²) < 4.78 is 48.7. The molecule has 0 spiro atoms. The van der Waals surface area contributed by atoms with E-state index < -0.39 is 23.7 Å². The number of aromatic amines is 2. The van der Waals surface area contributed by atoms with Crippen molar-refractivity contribution in [2.24, 2.45) is 0 Å². The van der Waals surface area contributed by atoms with Crippen LogP contribution in [0.15, 0.2) is 54.9 Å². The van der Waals surface area contributed by atoms with Crippen LogP contribution >= 0.6 is 0 Å². The van der Waals surface area contributed by atoms with E-state index in [0.29, 0.717) is 16.6 Å². The lowest BCUT2D eigenvalue weighted by Gasteiger charge is -2.34. The lowest BCUT2D eigenvalue weighted by Crippen LogP contribution is -2.44. The second-order valence-corrected chi connectivity index (χ2v) is 12.0. The molecule has 2 aromatic carbocycles. The van der Waals surface area contributed by atoms with Gasteiger partial charge in [0.15, 0.2) is 11.6 Å². The summed E-state index contributed by atoms with van der Waals surface area (Å²) in [6.07, 6.45) is -1.83. The number of likely N-dealkylation sites (N-methyl/N-ethyl adjacent to an activating group) is 1. The predicted octanol–water partition coefficient (Wildman–Crippen LogP) is 6.73. The minimum Gasteiger partial charge on any atom is -0.435 e. The van der Waals surface area contributed by atoms with Crippen molar-refractivity contribution in [1.82, 2.24) is 29.7 Å². The Balaban J connectivity index is 0.000000322. The number of rotatable bonds is 8. The van der Waals surface area contributed by atoms with Crippen LogP contribution < -0.4 is 25.5 Å². The quantitative estimate of drug-likeness (QED) is 0.168. The number of benzene rings is 2. The van der Waals surface area contributed by atoms with Gasteiger partial charge >= 0.3 is 0 Å². The standard InChI is InChI=1S/C25H25F3N6O.C7H9N.C5H13N/c1-15-13-18-19(31-15)7-8-20(22(18)26)35-25-21(23(27)28)24(29-14-30-25)32-16-3-5-17(6-4-16)34-11-9-33(2)10-12-34;1-5-4-6(2)8-7(5)3;1-4-6(3)5-2/h3-8,13-14,23,31H,9-12H2,1-2H3,(H,29,30,32);4,8H,1,3H2,2H3;4-5H2,1-3H3. The highest BCUT2D eigenvalue weighted by atomic mass is 19.3. The Kier molecular flexibility index (Phi) is 12.9. The van der Waals surface area contributed by atoms with Crippen LogP contribution in [-0.2, 0) is 0 Å². The lowest BCUT2D eigenvalue weighted by atomic mass is 10.2. The normalized spacial score (nSPS) is 13.2. The van der Waals surface area contributed by atoms with Gasteiger partial charge in [0.2, 0.25) is 5.88 Å². The summed E-state index contributed by atoms with van der Waals surface area (Å²) in [5, 5.41) is 5.15. The second-order valence-electron chi connectivity index (χ2n) is 12.0. The van der Waals surface area contributed by atoms with E-state index in [0.717, 1.165) is 73.2 Å². The van der Waals surface area contributed by atoms with Crippen LogP contribution in [-0.4, -0.2) is 83.1 Å². The first-order valence-corrected chi connectivity index (χ1v) is 16.3. The molecule has 0 atom stereocenters. The largest absolute Gasteiger partial charge is 0.435 e. The van der Waals surface area contributed by atoms with Gasteiger partial charge in [-0.1, -0.05) is 27.0 Å². The van der Waals surface area contributed by atoms with E-state index in [1.54, 1.807) is 19.1 Å². The van der Waals surface area contributed by atoms with Crippen molar-refractivity contribution in [3.8, 4) is 11.6 Å². The molecule has 6 rings (SSSR count). The van der Waals surface area contributed by atoms with Crippen molar-refractivity contribution in [3.05, 3.63) is 88.2 Å². The van der Waals surface area contributed by atoms with Gasteiger partial charge in [0, 0.05) is 65.2 Å². The second kappa shape index (κ2) is 17.0. The number of ether oxygens (including phenoxy) is 1. The molecule has 1 aliphatic heterocycles. The lowest BCUT2D eigenvalue weighted by molar-refractivity contribution is 0.147. The van der Waals surface area contributed by atoms with Crippen molar-refractivity contribution in [2.45, 2.75) is 34.1 Å². The molecule has 3 aromatic heterocycles.